The van der Waals surface area contributed by atoms with Crippen LogP contribution in [0.15, 0.2) is 103 Å². The van der Waals surface area contributed by atoms with E-state index in [0.717, 1.165) is 26.9 Å². The molecule has 4 saturated heterocycles. The molecular weight excluding hydrogens is 1980 g/mol. The number of thiazole rings is 2. The number of fused-ring (bicyclic) bond motifs is 4. The van der Waals surface area contributed by atoms with E-state index in [9.17, 15) is 106 Å². The molecule has 0 aliphatic carbocycles. The van der Waals surface area contributed by atoms with Gasteiger partial charge in [0.1, 0.15) is 88.7 Å². The highest BCUT2D eigenvalue weighted by atomic mass is 32.1. The van der Waals surface area contributed by atoms with E-state index in [1.165, 1.54) is 101 Å². The standard InChI is InChI=1S/C27H36F3NO7.C27H36F3NO6S.C27H40N2O7.C27H40N2O6S/c1-14-8-7-9-26(27(28,29)30)21(38-26)11-19(15(2)10-18-13-36-17(4)31-18)37-22(33)12-20(32)25(5,6)24(35)16(3)23(14)34;1-14-8-7-9-26(27(28,29)30)21(37-26)11-19(15(2)10-18-13-38-17(4)31-18)36-22(33)12-20(32)25(5,6)24(35)16(3)23(14)34;1-15-8-7-9-27(6)21(36-27)11-19(16(2)10-18-14-34-22(13-28)29-18)35-23(31)12-20(30)26(4,5)25(33)17(3)24(15)32;1-15-8-7-9-27(6)21(35-27)11-19(16(2)10-18-14-36-22(13-28)29-18)34-23(31)12-20(30)26(4,5)25(33)17(3)24(15)32/h2*7-8,10,13-14,16,19-21,23,32,34H,9,11-12H2,1-6H3;2*7-8,10,14-15,17,19-21,24,30,32H,9,11-13,28H2,1-6H3/b2*8-7+,15-10+;2*8-7+,16-10+/t2*14-,16+,19-,20-,21?,23-,26?;2*15-,17+,19-,20-,21?,24-,27?/m0000/s1. The predicted octanol–water partition coefficient (Wildman–Crippen LogP) is 15.5. The highest BCUT2D eigenvalue weighted by molar-refractivity contribution is 7.10. The highest BCUT2D eigenvalue weighted by Gasteiger charge is 2.74. The summed E-state index contributed by atoms with van der Waals surface area (Å²) in [7, 11) is 0. The Morgan fingerprint density at radius 1 is 0.385 bits per heavy atom. The molecule has 8 aliphatic heterocycles. The molecule has 0 saturated carbocycles. The summed E-state index contributed by atoms with van der Waals surface area (Å²) in [5.74, 6) is -8.90. The van der Waals surface area contributed by atoms with Crippen molar-refractivity contribution in [2.75, 3.05) is 0 Å². The Morgan fingerprint density at radius 3 is 0.939 bits per heavy atom. The summed E-state index contributed by atoms with van der Waals surface area (Å²) in [6.07, 6.45) is -3.52. The van der Waals surface area contributed by atoms with Gasteiger partial charge in [-0.3, -0.25) is 38.4 Å². The van der Waals surface area contributed by atoms with Gasteiger partial charge < -0.3 is 99.0 Å². The number of carbonyl (C=O) groups excluding carboxylic acids is 8. The molecule has 0 aromatic carbocycles. The van der Waals surface area contributed by atoms with Crippen molar-refractivity contribution in [2.24, 2.45) is 80.5 Å². The maximum Gasteiger partial charge on any atom is 0.420 e. The number of rotatable bonds is 10. The van der Waals surface area contributed by atoms with E-state index >= 15 is 0 Å². The fourth-order valence-electron chi connectivity index (χ4n) is 19.1. The highest BCUT2D eigenvalue weighted by Crippen LogP contribution is 2.57. The van der Waals surface area contributed by atoms with Gasteiger partial charge in [-0.25, -0.2) is 19.9 Å². The minimum atomic E-state index is -4.70. The van der Waals surface area contributed by atoms with Gasteiger partial charge >= 0.3 is 36.2 Å². The molecule has 12 rings (SSSR count). The Kier molecular flexibility index (Phi) is 41.0. The van der Waals surface area contributed by atoms with Gasteiger partial charge in [0.25, 0.3) is 0 Å². The summed E-state index contributed by atoms with van der Waals surface area (Å²) in [5, 5.41) is 91.6. The Morgan fingerprint density at radius 2 is 0.669 bits per heavy atom. The number of halogens is 6. The number of nitrogens with zero attached hydrogens (tertiary/aromatic N) is 4. The molecular formula is C108H152F6N6O26S2. The average molecular weight is 2130 g/mol. The first-order valence-electron chi connectivity index (χ1n) is 50.3. The molecule has 8 aliphatic rings. The molecule has 4 aromatic heterocycles. The smallest absolute Gasteiger partial charge is 0.420 e. The second-order valence-electron chi connectivity index (χ2n) is 43.9. The van der Waals surface area contributed by atoms with E-state index in [1.54, 1.807) is 99.8 Å². The Labute approximate surface area is 869 Å². The second kappa shape index (κ2) is 49.5. The van der Waals surface area contributed by atoms with Gasteiger partial charge in [-0.05, 0) is 108 Å². The molecule has 4 aromatic rings. The lowest BCUT2D eigenvalue weighted by Crippen LogP contribution is -2.45. The average Bonchev–Trinajstić information content (AvgIpc) is 1.56. The van der Waals surface area contributed by atoms with Crippen molar-refractivity contribution in [2.45, 2.75) is 389 Å². The van der Waals surface area contributed by atoms with Gasteiger partial charge in [0.2, 0.25) is 5.89 Å². The fraction of sp³-hybridized carbons (Fsp3) is 0.667. The molecule has 40 heteroatoms. The predicted molar refractivity (Wildman–Crippen MR) is 539 cm³/mol. The summed E-state index contributed by atoms with van der Waals surface area (Å²) in [6.45, 7) is 40.4. The van der Waals surface area contributed by atoms with Crippen LogP contribution >= 0.6 is 22.7 Å². The first-order chi connectivity index (χ1) is 68.5. The number of Topliss-reactive ketones (excluding diaryl/α,β-unsaturated/α-hetero) is 4. The summed E-state index contributed by atoms with van der Waals surface area (Å²) in [6, 6.07) is 0. The van der Waals surface area contributed by atoms with Crippen LogP contribution in [0, 0.1) is 82.9 Å². The van der Waals surface area contributed by atoms with Gasteiger partial charge in [-0.1, -0.05) is 159 Å². The van der Waals surface area contributed by atoms with Gasteiger partial charge in [-0.15, -0.1) is 22.7 Å². The quantitative estimate of drug-likeness (QED) is 0.0232. The summed E-state index contributed by atoms with van der Waals surface area (Å²) in [5.41, 5.74) is 4.96. The molecule has 0 bridgehead atoms. The van der Waals surface area contributed by atoms with E-state index in [1.807, 2.05) is 84.2 Å². The molecule has 28 atom stereocenters. The van der Waals surface area contributed by atoms with Crippen molar-refractivity contribution in [3.8, 4) is 0 Å². The lowest BCUT2D eigenvalue weighted by atomic mass is 9.73. The number of alkyl halides is 6. The number of aromatic nitrogens is 4. The number of cyclic esters (lactones) is 4. The minimum Gasteiger partial charge on any atom is -0.458 e. The number of aliphatic hydroxyl groups is 8. The van der Waals surface area contributed by atoms with E-state index in [0.29, 0.717) is 72.2 Å². The van der Waals surface area contributed by atoms with E-state index in [4.69, 9.17) is 58.2 Å². The van der Waals surface area contributed by atoms with Crippen molar-refractivity contribution in [3.05, 3.63) is 139 Å². The summed E-state index contributed by atoms with van der Waals surface area (Å²) >= 11 is 2.88. The number of esters is 4. The van der Waals surface area contributed by atoms with Crippen molar-refractivity contribution in [1.29, 1.82) is 0 Å². The number of nitrogens with two attached hydrogens (primary N) is 2. The SMILES string of the molecule is C/C(=C\c1coc(C)n1)[C@@H]1CC2OC2(C(F)(F)F)C/C=C/[C@H](C)[C@H](O)[C@@H](C)C(=O)C(C)(C)[C@@H](O)CC(=O)O1.C/C(=C\c1coc(CN)n1)[C@@H]1CC2OC2(C)C/C=C/[C@H](C)[C@H](O)[C@@H](C)C(=O)C(C)(C)[C@@H](O)CC(=O)O1.C/C(=C\c1csc(C)n1)[C@@H]1CC2OC2(C(F)(F)F)C/C=C/[C@H](C)[C@H](O)[C@@H](C)C(=O)C(C)(C)[C@@H](O)CC(=O)O1.C/C(=C\c1csc(CN)n1)[C@@H]1CC2OC2(C)C/C=C/[C@H](C)[C@H](O)[C@@H](C)C(=O)C(C)(C)[C@@H](O)CC(=O)O1. The molecule has 148 heavy (non-hydrogen) atoms. The molecule has 8 unspecified atom stereocenters. The van der Waals surface area contributed by atoms with Gasteiger partial charge in [0.15, 0.2) is 17.1 Å². The number of aryl methyl sites for hydroxylation is 2. The number of hydrogen-bond acceptors (Lipinski definition) is 34. The first kappa shape index (κ1) is 123. The number of epoxide rings is 4. The molecule has 4 fully saturated rings. The minimum absolute atomic E-state index is 0.117. The van der Waals surface area contributed by atoms with Crippen molar-refractivity contribution >= 4 is 94.0 Å². The third-order valence-corrected chi connectivity index (χ3v) is 32.3. The number of ether oxygens (including phenoxy) is 8. The van der Waals surface area contributed by atoms with Gasteiger partial charge in [0.05, 0.1) is 143 Å². The molecule has 12 heterocycles. The van der Waals surface area contributed by atoms with Crippen LogP contribution in [0.5, 0.6) is 0 Å². The van der Waals surface area contributed by atoms with Crippen LogP contribution < -0.4 is 11.5 Å². The number of ketones is 4. The van der Waals surface area contributed by atoms with E-state index in [2.05, 4.69) is 19.9 Å². The molecule has 0 radical (unpaired) electrons. The van der Waals surface area contributed by atoms with Crippen LogP contribution in [0.4, 0.5) is 26.3 Å². The summed E-state index contributed by atoms with van der Waals surface area (Å²) < 4.78 is 140. The maximum absolute atomic E-state index is 14.1. The molecule has 0 amide bonds. The number of aliphatic hydroxyl groups excluding tert-OH is 8. The van der Waals surface area contributed by atoms with Crippen molar-refractivity contribution in [3.63, 3.8) is 0 Å². The lowest BCUT2D eigenvalue weighted by molar-refractivity contribution is -0.183. The largest absolute Gasteiger partial charge is 0.458 e. The number of oxazole rings is 2. The fourth-order valence-corrected chi connectivity index (χ4v) is 20.3. The monoisotopic (exact) mass is 2130 g/mol. The van der Waals surface area contributed by atoms with Crippen LogP contribution in [0.2, 0.25) is 0 Å². The molecule has 0 spiro atoms. The number of hydrogen-bond donors (Lipinski definition) is 10. The van der Waals surface area contributed by atoms with Crippen LogP contribution in [-0.2, 0) is 89.3 Å². The Bertz CT molecular complexity index is 5220. The second-order valence-corrected chi connectivity index (χ2v) is 45.9. The Hall–Kier alpha value is -8.82. The zero-order valence-corrected chi connectivity index (χ0v) is 90.6. The maximum atomic E-state index is 14.1. The van der Waals surface area contributed by atoms with Crippen LogP contribution in [-0.4, -0.2) is 240 Å². The van der Waals surface area contributed by atoms with Crippen molar-refractivity contribution in [1.82, 2.24) is 19.9 Å². The van der Waals surface area contributed by atoms with Crippen molar-refractivity contribution < 1.29 is 152 Å². The third kappa shape index (κ3) is 30.4. The zero-order valence-electron chi connectivity index (χ0n) is 88.9. The topological polar surface area (TPSA) is 515 Å². The van der Waals surface area contributed by atoms with Crippen LogP contribution in [0.1, 0.15) is 274 Å². The molecule has 12 N–H and O–H groups in total. The molecule has 32 nitrogen and oxygen atoms in total. The van der Waals surface area contributed by atoms with Gasteiger partial charge in [0, 0.05) is 110 Å². The lowest BCUT2D eigenvalue weighted by Gasteiger charge is -2.34. The molecule has 824 valence electrons. The third-order valence-electron chi connectivity index (χ3n) is 30.6. The zero-order chi connectivity index (χ0) is 111. The van der Waals surface area contributed by atoms with E-state index in [-0.39, 0.29) is 67.8 Å². The summed E-state index contributed by atoms with van der Waals surface area (Å²) in [4.78, 5) is 122. The van der Waals surface area contributed by atoms with Crippen LogP contribution in [0.3, 0.4) is 0 Å². The normalized spacial score (nSPS) is 36.8. The number of carbonyl (C=O) groups is 8. The van der Waals surface area contributed by atoms with Gasteiger partial charge in [-0.2, -0.15) is 26.3 Å². The first-order valence-corrected chi connectivity index (χ1v) is 52.1. The van der Waals surface area contributed by atoms with Crippen LogP contribution in [0.25, 0.3) is 24.3 Å². The van der Waals surface area contributed by atoms with E-state index < -0.39 is 239 Å². The Balaban J connectivity index is 0.000000219.